The summed E-state index contributed by atoms with van der Waals surface area (Å²) in [4.78, 5) is 7.04. The Morgan fingerprint density at radius 3 is 2.80 bits per heavy atom. The highest BCUT2D eigenvalue weighted by Gasteiger charge is 2.01. The first-order chi connectivity index (χ1) is 7.15. The Kier molecular flexibility index (Phi) is 2.60. The zero-order valence-electron chi connectivity index (χ0n) is 8.12. The predicted octanol–water partition coefficient (Wildman–Crippen LogP) is 3.25. The molecule has 15 heavy (non-hydrogen) atoms. The Hall–Kier alpha value is -1.55. The highest BCUT2D eigenvalue weighted by Crippen LogP contribution is 2.17. The number of nitrogens with zero attached hydrogens (tertiary/aromatic N) is 1. The van der Waals surface area contributed by atoms with Gasteiger partial charge in [0.05, 0.1) is 5.69 Å². The fourth-order valence-corrected chi connectivity index (χ4v) is 1.63. The number of rotatable bonds is 1. The minimum Gasteiger partial charge on any atom is -0.335 e. The Labute approximate surface area is 91.8 Å². The van der Waals surface area contributed by atoms with Crippen molar-refractivity contribution in [3.05, 3.63) is 46.6 Å². The quantitative estimate of drug-likeness (QED) is 0.747. The second kappa shape index (κ2) is 3.90. The lowest BCUT2D eigenvalue weighted by Crippen LogP contribution is -1.90. The average molecular weight is 220 g/mol. The van der Waals surface area contributed by atoms with Crippen molar-refractivity contribution in [2.45, 2.75) is 6.92 Å². The number of aromatic nitrogens is 2. The van der Waals surface area contributed by atoms with Crippen molar-refractivity contribution in [3.63, 3.8) is 0 Å². The summed E-state index contributed by atoms with van der Waals surface area (Å²) in [6.07, 6.45) is 0. The van der Waals surface area contributed by atoms with Crippen LogP contribution in [0.15, 0.2) is 30.3 Å². The van der Waals surface area contributed by atoms with E-state index in [0.717, 1.165) is 11.3 Å². The van der Waals surface area contributed by atoms with Gasteiger partial charge >= 0.3 is 0 Å². The van der Waals surface area contributed by atoms with Crippen LogP contribution in [0.4, 0.5) is 4.39 Å². The Balaban J connectivity index is 2.59. The van der Waals surface area contributed by atoms with E-state index in [4.69, 9.17) is 12.2 Å². The summed E-state index contributed by atoms with van der Waals surface area (Å²) in [5, 5.41) is 0. The van der Waals surface area contributed by atoms with Gasteiger partial charge in [-0.1, -0.05) is 12.1 Å². The van der Waals surface area contributed by atoms with Crippen molar-refractivity contribution in [1.82, 2.24) is 9.97 Å². The maximum atomic E-state index is 13.0. The first-order valence-electron chi connectivity index (χ1n) is 4.49. The van der Waals surface area contributed by atoms with Crippen molar-refractivity contribution < 1.29 is 4.39 Å². The van der Waals surface area contributed by atoms with Gasteiger partial charge < -0.3 is 4.98 Å². The molecule has 4 heteroatoms. The van der Waals surface area contributed by atoms with Crippen LogP contribution in [-0.4, -0.2) is 9.97 Å². The minimum absolute atomic E-state index is 0.272. The second-order valence-electron chi connectivity index (χ2n) is 3.26. The number of H-pyrrole nitrogens is 1. The zero-order valence-corrected chi connectivity index (χ0v) is 8.94. The fraction of sp³-hybridized carbons (Fsp3) is 0.0909. The van der Waals surface area contributed by atoms with Gasteiger partial charge in [-0.25, -0.2) is 9.37 Å². The van der Waals surface area contributed by atoms with Gasteiger partial charge in [0.15, 0.2) is 4.77 Å². The van der Waals surface area contributed by atoms with Crippen LogP contribution in [0.2, 0.25) is 0 Å². The van der Waals surface area contributed by atoms with Gasteiger partial charge in [-0.2, -0.15) is 0 Å². The molecule has 2 aromatic rings. The smallest absolute Gasteiger partial charge is 0.197 e. The van der Waals surface area contributed by atoms with Gasteiger partial charge in [0.1, 0.15) is 5.82 Å². The monoisotopic (exact) mass is 220 g/mol. The number of aryl methyl sites for hydroxylation is 1. The van der Waals surface area contributed by atoms with E-state index in [-0.39, 0.29) is 5.82 Å². The van der Waals surface area contributed by atoms with Crippen LogP contribution in [0.3, 0.4) is 0 Å². The molecule has 0 aliphatic carbocycles. The van der Waals surface area contributed by atoms with Crippen molar-refractivity contribution in [2.75, 3.05) is 0 Å². The normalized spacial score (nSPS) is 10.3. The molecule has 0 radical (unpaired) electrons. The summed E-state index contributed by atoms with van der Waals surface area (Å²) >= 11 is 4.96. The van der Waals surface area contributed by atoms with Crippen molar-refractivity contribution >= 4 is 12.2 Å². The third-order valence-electron chi connectivity index (χ3n) is 2.00. The van der Waals surface area contributed by atoms with Crippen LogP contribution >= 0.6 is 12.2 Å². The standard InChI is InChI=1S/C11H9FN2S/c1-7-5-10(14-11(15)13-7)8-3-2-4-9(12)6-8/h2-6H,1H3,(H,13,14,15). The van der Waals surface area contributed by atoms with E-state index in [1.165, 1.54) is 12.1 Å². The molecule has 0 atom stereocenters. The molecule has 0 saturated carbocycles. The van der Waals surface area contributed by atoms with Gasteiger partial charge in [-0.15, -0.1) is 0 Å². The van der Waals surface area contributed by atoms with Crippen LogP contribution in [0.5, 0.6) is 0 Å². The lowest BCUT2D eigenvalue weighted by Gasteiger charge is -2.01. The minimum atomic E-state index is -0.272. The third-order valence-corrected chi connectivity index (χ3v) is 2.19. The largest absolute Gasteiger partial charge is 0.335 e. The third kappa shape index (κ3) is 2.27. The number of hydrogen-bond acceptors (Lipinski definition) is 2. The molecule has 0 fully saturated rings. The average Bonchev–Trinajstić information content (AvgIpc) is 2.16. The summed E-state index contributed by atoms with van der Waals surface area (Å²) in [6.45, 7) is 1.89. The number of benzene rings is 1. The highest BCUT2D eigenvalue weighted by molar-refractivity contribution is 7.71. The summed E-state index contributed by atoms with van der Waals surface area (Å²) in [7, 11) is 0. The van der Waals surface area contributed by atoms with Crippen molar-refractivity contribution in [2.24, 2.45) is 0 Å². The van der Waals surface area contributed by atoms with E-state index >= 15 is 0 Å². The number of aromatic amines is 1. The summed E-state index contributed by atoms with van der Waals surface area (Å²) in [6, 6.07) is 8.14. The molecule has 0 aliphatic heterocycles. The van der Waals surface area contributed by atoms with Crippen LogP contribution in [0.25, 0.3) is 11.3 Å². The molecule has 0 aliphatic rings. The number of hydrogen-bond donors (Lipinski definition) is 1. The van der Waals surface area contributed by atoms with Crippen LogP contribution < -0.4 is 0 Å². The van der Waals surface area contributed by atoms with Crippen LogP contribution in [-0.2, 0) is 0 Å². The fourth-order valence-electron chi connectivity index (χ4n) is 1.38. The summed E-state index contributed by atoms with van der Waals surface area (Å²) in [5.41, 5.74) is 2.34. The van der Waals surface area contributed by atoms with E-state index in [1.807, 2.05) is 13.0 Å². The molecule has 0 unspecified atom stereocenters. The van der Waals surface area contributed by atoms with Crippen LogP contribution in [0.1, 0.15) is 5.69 Å². The Bertz CT molecular complexity index is 548. The molecule has 1 aromatic carbocycles. The molecule has 0 saturated heterocycles. The van der Waals surface area contributed by atoms with E-state index in [9.17, 15) is 4.39 Å². The Morgan fingerprint density at radius 2 is 2.13 bits per heavy atom. The molecule has 2 rings (SSSR count). The molecule has 0 amide bonds. The van der Waals surface area contributed by atoms with Crippen LogP contribution in [0, 0.1) is 17.5 Å². The maximum Gasteiger partial charge on any atom is 0.197 e. The van der Waals surface area contributed by atoms with Gasteiger partial charge in [0.2, 0.25) is 0 Å². The van der Waals surface area contributed by atoms with Crippen molar-refractivity contribution in [1.29, 1.82) is 0 Å². The Morgan fingerprint density at radius 1 is 1.33 bits per heavy atom. The molecular weight excluding hydrogens is 211 g/mol. The lowest BCUT2D eigenvalue weighted by molar-refractivity contribution is 0.628. The van der Waals surface area contributed by atoms with Gasteiger partial charge in [-0.3, -0.25) is 0 Å². The van der Waals surface area contributed by atoms with Gasteiger partial charge in [-0.05, 0) is 37.3 Å². The molecule has 1 heterocycles. The zero-order chi connectivity index (χ0) is 10.8. The predicted molar refractivity (Wildman–Crippen MR) is 59.6 cm³/mol. The van der Waals surface area contributed by atoms with E-state index in [0.29, 0.717) is 10.5 Å². The molecule has 1 aromatic heterocycles. The molecule has 0 spiro atoms. The second-order valence-corrected chi connectivity index (χ2v) is 3.65. The first-order valence-corrected chi connectivity index (χ1v) is 4.90. The van der Waals surface area contributed by atoms with E-state index in [2.05, 4.69) is 9.97 Å². The molecule has 1 N–H and O–H groups in total. The van der Waals surface area contributed by atoms with E-state index in [1.54, 1.807) is 12.1 Å². The highest BCUT2D eigenvalue weighted by atomic mass is 32.1. The maximum absolute atomic E-state index is 13.0. The molecule has 0 bridgehead atoms. The molecule has 76 valence electrons. The summed E-state index contributed by atoms with van der Waals surface area (Å²) < 4.78 is 13.4. The van der Waals surface area contributed by atoms with Gasteiger partial charge in [0, 0.05) is 11.3 Å². The van der Waals surface area contributed by atoms with E-state index < -0.39 is 0 Å². The topological polar surface area (TPSA) is 28.7 Å². The number of halogens is 1. The summed E-state index contributed by atoms with van der Waals surface area (Å²) in [5.74, 6) is -0.272. The lowest BCUT2D eigenvalue weighted by atomic mass is 10.1. The van der Waals surface area contributed by atoms with Gasteiger partial charge in [0.25, 0.3) is 0 Å². The molecular formula is C11H9FN2S. The van der Waals surface area contributed by atoms with Crippen molar-refractivity contribution in [3.8, 4) is 11.3 Å². The molecule has 2 nitrogen and oxygen atoms in total. The SMILES string of the molecule is Cc1cc(-c2cccc(F)c2)nc(=S)[nH]1. The number of nitrogens with one attached hydrogen (secondary N) is 1. The first kappa shape index (κ1) is 9.98.